The van der Waals surface area contributed by atoms with Gasteiger partial charge in [0, 0.05) is 6.42 Å². The summed E-state index contributed by atoms with van der Waals surface area (Å²) in [6.45, 7) is 5.46. The van der Waals surface area contributed by atoms with Gasteiger partial charge in [-0.25, -0.2) is 0 Å². The summed E-state index contributed by atoms with van der Waals surface area (Å²) in [6.07, 6.45) is 0.416. The van der Waals surface area contributed by atoms with Crippen LogP contribution in [0.1, 0.15) is 27.2 Å². The summed E-state index contributed by atoms with van der Waals surface area (Å²) < 4.78 is 5.90. The van der Waals surface area contributed by atoms with Crippen LogP contribution in [0, 0.1) is 0 Å². The van der Waals surface area contributed by atoms with Crippen LogP contribution < -0.4 is 4.74 Å². The first-order valence-electron chi connectivity index (χ1n) is 6.13. The van der Waals surface area contributed by atoms with Gasteiger partial charge in [-0.2, -0.15) is 0 Å². The third kappa shape index (κ3) is 3.10. The highest BCUT2D eigenvalue weighted by atomic mass is 16.5. The predicted octanol–water partition coefficient (Wildman–Crippen LogP) is 3.98. The zero-order valence-electron chi connectivity index (χ0n) is 11.1. The number of fused-ring (bicyclic) bond motifs is 1. The second kappa shape index (κ2) is 4.81. The number of benzene rings is 2. The van der Waals surface area contributed by atoms with Gasteiger partial charge >= 0.3 is 0 Å². The molecule has 2 heteroatoms. The highest BCUT2D eigenvalue weighted by molar-refractivity contribution is 5.83. The lowest BCUT2D eigenvalue weighted by Gasteiger charge is -2.25. The fourth-order valence-electron chi connectivity index (χ4n) is 2.19. The fourth-order valence-corrected chi connectivity index (χ4v) is 2.19. The number of carbonyl (C=O) groups excluding carboxylic acids is 1. The molecule has 94 valence electrons. The number of ether oxygens (including phenoxy) is 1. The maximum atomic E-state index is 11.2. The first-order valence-corrected chi connectivity index (χ1v) is 6.13. The van der Waals surface area contributed by atoms with E-state index in [1.54, 1.807) is 6.92 Å². The van der Waals surface area contributed by atoms with Crippen molar-refractivity contribution in [1.29, 1.82) is 0 Å². The van der Waals surface area contributed by atoms with Crippen molar-refractivity contribution in [1.82, 2.24) is 0 Å². The molecule has 0 N–H and O–H groups in total. The molecular weight excluding hydrogens is 224 g/mol. The van der Waals surface area contributed by atoms with E-state index in [0.717, 1.165) is 11.1 Å². The van der Waals surface area contributed by atoms with Gasteiger partial charge in [0.1, 0.15) is 17.1 Å². The van der Waals surface area contributed by atoms with Crippen LogP contribution in [-0.4, -0.2) is 11.4 Å². The average molecular weight is 242 g/mol. The molecule has 0 unspecified atom stereocenters. The minimum absolute atomic E-state index is 0.140. The van der Waals surface area contributed by atoms with Gasteiger partial charge in [0.15, 0.2) is 0 Å². The zero-order chi connectivity index (χ0) is 13.2. The third-order valence-electron chi connectivity index (χ3n) is 2.79. The van der Waals surface area contributed by atoms with Crippen molar-refractivity contribution in [3.63, 3.8) is 0 Å². The van der Waals surface area contributed by atoms with Crippen LogP contribution >= 0.6 is 0 Å². The molecule has 2 aromatic carbocycles. The molecule has 0 heterocycles. The van der Waals surface area contributed by atoms with E-state index in [1.165, 1.54) is 5.39 Å². The number of hydrogen-bond acceptors (Lipinski definition) is 2. The molecule has 0 radical (unpaired) electrons. The van der Waals surface area contributed by atoms with Crippen molar-refractivity contribution in [3.05, 3.63) is 42.5 Å². The minimum Gasteiger partial charge on any atom is -0.487 e. The highest BCUT2D eigenvalue weighted by Gasteiger charge is 2.22. The lowest BCUT2D eigenvalue weighted by atomic mass is 10.0. The van der Waals surface area contributed by atoms with E-state index in [1.807, 2.05) is 44.2 Å². The summed E-state index contributed by atoms with van der Waals surface area (Å²) >= 11 is 0. The monoisotopic (exact) mass is 242 g/mol. The van der Waals surface area contributed by atoms with Gasteiger partial charge in [-0.05, 0) is 43.7 Å². The standard InChI is InChI=1S/C16H18O2/c1-12(17)11-16(2,3)18-15-9-8-13-6-4-5-7-14(13)10-15/h4-10H,11H2,1-3H3. The van der Waals surface area contributed by atoms with E-state index in [2.05, 4.69) is 12.1 Å². The maximum absolute atomic E-state index is 11.2. The Morgan fingerprint density at radius 1 is 1.11 bits per heavy atom. The Balaban J connectivity index is 2.24. The molecule has 0 saturated heterocycles. The topological polar surface area (TPSA) is 26.3 Å². The maximum Gasteiger partial charge on any atom is 0.133 e. The molecule has 0 aliphatic rings. The van der Waals surface area contributed by atoms with Crippen LogP contribution in [0.15, 0.2) is 42.5 Å². The summed E-state index contributed by atoms with van der Waals surface area (Å²) in [5.41, 5.74) is -0.464. The van der Waals surface area contributed by atoms with Gasteiger partial charge in [0.25, 0.3) is 0 Å². The Hall–Kier alpha value is -1.83. The molecule has 18 heavy (non-hydrogen) atoms. The van der Waals surface area contributed by atoms with Crippen LogP contribution in [0.5, 0.6) is 5.75 Å². The number of ketones is 1. The minimum atomic E-state index is -0.464. The molecular formula is C16H18O2. The van der Waals surface area contributed by atoms with E-state index < -0.39 is 5.60 Å². The second-order valence-corrected chi connectivity index (χ2v) is 5.25. The Kier molecular flexibility index (Phi) is 3.37. The molecule has 0 spiro atoms. The van der Waals surface area contributed by atoms with E-state index in [9.17, 15) is 4.79 Å². The lowest BCUT2D eigenvalue weighted by molar-refractivity contribution is -0.120. The third-order valence-corrected chi connectivity index (χ3v) is 2.79. The summed E-state index contributed by atoms with van der Waals surface area (Å²) in [6, 6.07) is 14.1. The normalized spacial score (nSPS) is 11.5. The van der Waals surface area contributed by atoms with Crippen molar-refractivity contribution >= 4 is 16.6 Å². The number of hydrogen-bond donors (Lipinski definition) is 0. The second-order valence-electron chi connectivity index (χ2n) is 5.25. The number of rotatable bonds is 4. The van der Waals surface area contributed by atoms with Crippen molar-refractivity contribution < 1.29 is 9.53 Å². The SMILES string of the molecule is CC(=O)CC(C)(C)Oc1ccc2ccccc2c1. The van der Waals surface area contributed by atoms with E-state index in [4.69, 9.17) is 4.74 Å². The van der Waals surface area contributed by atoms with E-state index in [0.29, 0.717) is 6.42 Å². The van der Waals surface area contributed by atoms with E-state index >= 15 is 0 Å². The first-order chi connectivity index (χ1) is 8.46. The molecule has 0 amide bonds. The van der Waals surface area contributed by atoms with Crippen LogP contribution in [0.25, 0.3) is 10.8 Å². The van der Waals surface area contributed by atoms with Gasteiger partial charge in [0.05, 0.1) is 0 Å². The molecule has 0 bridgehead atoms. The highest BCUT2D eigenvalue weighted by Crippen LogP contribution is 2.25. The van der Waals surface area contributed by atoms with Crippen molar-refractivity contribution in [2.75, 3.05) is 0 Å². The fraction of sp³-hybridized carbons (Fsp3) is 0.312. The van der Waals surface area contributed by atoms with Crippen molar-refractivity contribution in [3.8, 4) is 5.75 Å². The molecule has 0 aromatic heterocycles. The quantitative estimate of drug-likeness (QED) is 0.810. The Bertz CT molecular complexity index is 570. The van der Waals surface area contributed by atoms with Gasteiger partial charge in [-0.15, -0.1) is 0 Å². The molecule has 0 fully saturated rings. The van der Waals surface area contributed by atoms with Gasteiger partial charge in [-0.1, -0.05) is 30.3 Å². The van der Waals surface area contributed by atoms with Crippen LogP contribution in [0.2, 0.25) is 0 Å². The van der Waals surface area contributed by atoms with Crippen LogP contribution in [0.4, 0.5) is 0 Å². The average Bonchev–Trinajstić information content (AvgIpc) is 2.26. The summed E-state index contributed by atoms with van der Waals surface area (Å²) in [7, 11) is 0. The first kappa shape index (κ1) is 12.6. The van der Waals surface area contributed by atoms with Gasteiger partial charge in [-0.3, -0.25) is 4.79 Å². The molecule has 2 nitrogen and oxygen atoms in total. The van der Waals surface area contributed by atoms with Crippen molar-refractivity contribution in [2.24, 2.45) is 0 Å². The van der Waals surface area contributed by atoms with Gasteiger partial charge in [0.2, 0.25) is 0 Å². The number of carbonyl (C=O) groups is 1. The lowest BCUT2D eigenvalue weighted by Crippen LogP contribution is -2.30. The Labute approximate surface area is 108 Å². The van der Waals surface area contributed by atoms with Crippen LogP contribution in [0.3, 0.4) is 0 Å². The Morgan fingerprint density at radius 3 is 2.44 bits per heavy atom. The molecule has 0 saturated carbocycles. The summed E-state index contributed by atoms with van der Waals surface area (Å²) in [5, 5.41) is 2.34. The molecule has 0 aliphatic carbocycles. The summed E-state index contributed by atoms with van der Waals surface area (Å²) in [4.78, 5) is 11.2. The molecule has 0 aliphatic heterocycles. The predicted molar refractivity (Wildman–Crippen MR) is 74.0 cm³/mol. The molecule has 2 rings (SSSR count). The largest absolute Gasteiger partial charge is 0.487 e. The number of Topliss-reactive ketones (excluding diaryl/α,β-unsaturated/α-hetero) is 1. The van der Waals surface area contributed by atoms with Crippen molar-refractivity contribution in [2.45, 2.75) is 32.8 Å². The smallest absolute Gasteiger partial charge is 0.133 e. The van der Waals surface area contributed by atoms with E-state index in [-0.39, 0.29) is 5.78 Å². The zero-order valence-corrected chi connectivity index (χ0v) is 11.1. The molecule has 0 atom stereocenters. The summed E-state index contributed by atoms with van der Waals surface area (Å²) in [5.74, 6) is 0.945. The van der Waals surface area contributed by atoms with Crippen LogP contribution in [-0.2, 0) is 4.79 Å². The molecule has 2 aromatic rings. The van der Waals surface area contributed by atoms with Gasteiger partial charge < -0.3 is 4.74 Å². The Morgan fingerprint density at radius 2 is 1.78 bits per heavy atom.